The Morgan fingerprint density at radius 1 is 0.886 bits per heavy atom. The predicted molar refractivity (Wildman–Crippen MR) is 163 cm³/mol. The number of ether oxygens (including phenoxy) is 5. The average molecular weight is 606 g/mol. The van der Waals surface area contributed by atoms with Crippen molar-refractivity contribution in [3.63, 3.8) is 0 Å². The van der Waals surface area contributed by atoms with Crippen LogP contribution >= 0.6 is 0 Å². The number of carbonyl (C=O) groups is 1. The molecule has 0 aliphatic carbocycles. The first-order chi connectivity index (χ1) is 21.0. The van der Waals surface area contributed by atoms with Crippen LogP contribution in [-0.2, 0) is 9.47 Å². The number of hydrogen-bond acceptors (Lipinski definition) is 10. The van der Waals surface area contributed by atoms with Gasteiger partial charge in [0.2, 0.25) is 6.29 Å². The molecule has 1 aliphatic heterocycles. The fourth-order valence-corrected chi connectivity index (χ4v) is 5.47. The molecular weight excluding hydrogens is 570 g/mol. The summed E-state index contributed by atoms with van der Waals surface area (Å²) < 4.78 is 33.8. The Morgan fingerprint density at radius 2 is 1.57 bits per heavy atom. The number of aryl methyl sites for hydroxylation is 1. The molecule has 1 amide bonds. The molecule has 2 heterocycles. The van der Waals surface area contributed by atoms with E-state index in [1.54, 1.807) is 58.2 Å². The van der Waals surface area contributed by atoms with Crippen molar-refractivity contribution in [2.45, 2.75) is 51.0 Å². The first-order valence-corrected chi connectivity index (χ1v) is 13.9. The fourth-order valence-electron chi connectivity index (χ4n) is 5.47. The Bertz CT molecular complexity index is 1750. The molecule has 1 aliphatic rings. The summed E-state index contributed by atoms with van der Waals surface area (Å²) in [4.78, 5) is 26.3. The Balaban J connectivity index is 1.41. The Kier molecular flexibility index (Phi) is 8.66. The minimum atomic E-state index is -1.39. The van der Waals surface area contributed by atoms with Crippen molar-refractivity contribution < 1.29 is 43.1 Å². The van der Waals surface area contributed by atoms with Gasteiger partial charge in [0.1, 0.15) is 46.8 Å². The number of methoxy groups -OCH3 is 3. The standard InChI is InChI=1S/C33H35NO10/c1-17-23(42-32-27(36)26(35)29(41-6)33(2,3)44-32)13-11-18-16-22(31(38)43-28(17)18)34-30(37)19-12-14-25(40-5)21(15-19)20-9-7-8-10-24(20)39-4/h7-16,26-27,29,32,35-36H,1-6H3,(H,34,37). The van der Waals surface area contributed by atoms with Crippen molar-refractivity contribution in [2.75, 3.05) is 26.6 Å². The third-order valence-corrected chi connectivity index (χ3v) is 7.75. The zero-order chi connectivity index (χ0) is 31.8. The molecule has 44 heavy (non-hydrogen) atoms. The van der Waals surface area contributed by atoms with Gasteiger partial charge in [-0.05, 0) is 63.2 Å². The number of para-hydroxylation sites is 1. The summed E-state index contributed by atoms with van der Waals surface area (Å²) in [5.74, 6) is 0.918. The summed E-state index contributed by atoms with van der Waals surface area (Å²) in [7, 11) is 4.53. The lowest BCUT2D eigenvalue weighted by molar-refractivity contribution is -0.306. The number of aliphatic hydroxyl groups is 2. The molecule has 11 nitrogen and oxygen atoms in total. The Labute approximate surface area is 253 Å². The predicted octanol–water partition coefficient (Wildman–Crippen LogP) is 4.29. The number of aliphatic hydroxyl groups excluding tert-OH is 2. The second kappa shape index (κ2) is 12.3. The van der Waals surface area contributed by atoms with E-state index < -0.39 is 41.7 Å². The van der Waals surface area contributed by atoms with E-state index in [9.17, 15) is 19.8 Å². The van der Waals surface area contributed by atoms with Crippen LogP contribution in [0.2, 0.25) is 0 Å². The third-order valence-electron chi connectivity index (χ3n) is 7.75. The summed E-state index contributed by atoms with van der Waals surface area (Å²) in [6, 6.07) is 17.1. The van der Waals surface area contributed by atoms with Gasteiger partial charge in [-0.3, -0.25) is 4.79 Å². The molecule has 3 N–H and O–H groups in total. The van der Waals surface area contributed by atoms with E-state index in [-0.39, 0.29) is 22.6 Å². The molecule has 4 unspecified atom stereocenters. The molecule has 4 aromatic rings. The summed E-state index contributed by atoms with van der Waals surface area (Å²) in [5, 5.41) is 24.4. The minimum Gasteiger partial charge on any atom is -0.496 e. The third kappa shape index (κ3) is 5.74. The molecule has 1 fully saturated rings. The number of hydrogen-bond donors (Lipinski definition) is 3. The van der Waals surface area contributed by atoms with Crippen LogP contribution in [0, 0.1) is 6.92 Å². The molecule has 0 bridgehead atoms. The van der Waals surface area contributed by atoms with Crippen LogP contribution in [0.1, 0.15) is 29.8 Å². The molecule has 4 atom stereocenters. The first kappa shape index (κ1) is 31.0. The van der Waals surface area contributed by atoms with Gasteiger partial charge < -0.3 is 43.6 Å². The van der Waals surface area contributed by atoms with Gasteiger partial charge in [0.05, 0.1) is 19.8 Å². The van der Waals surface area contributed by atoms with E-state index in [0.29, 0.717) is 28.0 Å². The monoisotopic (exact) mass is 605 g/mol. The highest BCUT2D eigenvalue weighted by molar-refractivity contribution is 6.06. The topological polar surface area (TPSA) is 146 Å². The van der Waals surface area contributed by atoms with Crippen molar-refractivity contribution in [3.8, 4) is 28.4 Å². The van der Waals surface area contributed by atoms with E-state index in [1.165, 1.54) is 20.3 Å². The second-order valence-corrected chi connectivity index (χ2v) is 11.0. The van der Waals surface area contributed by atoms with E-state index in [1.807, 2.05) is 24.3 Å². The van der Waals surface area contributed by atoms with Crippen LogP contribution in [0.5, 0.6) is 17.2 Å². The highest BCUT2D eigenvalue weighted by atomic mass is 16.7. The highest BCUT2D eigenvalue weighted by Gasteiger charge is 2.50. The van der Waals surface area contributed by atoms with E-state index >= 15 is 0 Å². The number of fused-ring (bicyclic) bond motifs is 1. The number of rotatable bonds is 8. The maximum Gasteiger partial charge on any atom is 0.360 e. The van der Waals surface area contributed by atoms with Crippen LogP contribution in [0.15, 0.2) is 69.9 Å². The Morgan fingerprint density at radius 3 is 2.27 bits per heavy atom. The lowest BCUT2D eigenvalue weighted by Crippen LogP contribution is -2.63. The average Bonchev–Trinajstić information content (AvgIpc) is 3.01. The second-order valence-electron chi connectivity index (χ2n) is 11.0. The molecule has 232 valence electrons. The number of benzene rings is 3. The zero-order valence-electron chi connectivity index (χ0n) is 25.2. The van der Waals surface area contributed by atoms with Gasteiger partial charge in [0.25, 0.3) is 5.91 Å². The fraction of sp³-hybridized carbons (Fsp3) is 0.333. The van der Waals surface area contributed by atoms with Gasteiger partial charge >= 0.3 is 5.63 Å². The van der Waals surface area contributed by atoms with Gasteiger partial charge in [-0.1, -0.05) is 18.2 Å². The summed E-state index contributed by atoms with van der Waals surface area (Å²) in [6.45, 7) is 5.13. The minimum absolute atomic E-state index is 0.0493. The quantitative estimate of drug-likeness (QED) is 0.249. The number of carbonyl (C=O) groups excluding carboxylic acids is 1. The summed E-state index contributed by atoms with van der Waals surface area (Å²) in [5.41, 5.74) is 0.595. The smallest absolute Gasteiger partial charge is 0.360 e. The highest BCUT2D eigenvalue weighted by Crippen LogP contribution is 2.38. The van der Waals surface area contributed by atoms with Crippen molar-refractivity contribution in [3.05, 3.63) is 82.2 Å². The van der Waals surface area contributed by atoms with Crippen LogP contribution in [0.3, 0.4) is 0 Å². The molecule has 0 saturated carbocycles. The first-order valence-electron chi connectivity index (χ1n) is 13.9. The normalized spacial score (nSPS) is 21.1. The lowest BCUT2D eigenvalue weighted by atomic mass is 9.89. The maximum absolute atomic E-state index is 13.3. The van der Waals surface area contributed by atoms with E-state index in [0.717, 1.165) is 5.56 Å². The van der Waals surface area contributed by atoms with Crippen molar-refractivity contribution in [1.29, 1.82) is 0 Å². The van der Waals surface area contributed by atoms with Crippen LogP contribution < -0.4 is 25.2 Å². The number of amides is 1. The van der Waals surface area contributed by atoms with E-state index in [2.05, 4.69) is 5.32 Å². The van der Waals surface area contributed by atoms with Gasteiger partial charge in [-0.25, -0.2) is 4.79 Å². The molecule has 0 spiro atoms. The number of anilines is 1. The van der Waals surface area contributed by atoms with Crippen LogP contribution in [-0.4, -0.2) is 67.7 Å². The molecular formula is C33H35NO10. The molecule has 0 radical (unpaired) electrons. The van der Waals surface area contributed by atoms with Gasteiger partial charge in [-0.15, -0.1) is 0 Å². The van der Waals surface area contributed by atoms with Crippen molar-refractivity contribution in [2.24, 2.45) is 0 Å². The largest absolute Gasteiger partial charge is 0.496 e. The summed E-state index contributed by atoms with van der Waals surface area (Å²) >= 11 is 0. The van der Waals surface area contributed by atoms with Gasteiger partial charge in [-0.2, -0.15) is 0 Å². The molecule has 3 aromatic carbocycles. The van der Waals surface area contributed by atoms with Gasteiger partial charge in [0, 0.05) is 34.7 Å². The summed E-state index contributed by atoms with van der Waals surface area (Å²) in [6.07, 6.45) is -4.63. The van der Waals surface area contributed by atoms with Crippen LogP contribution in [0.25, 0.3) is 22.1 Å². The molecule has 1 aromatic heterocycles. The Hall–Kier alpha value is -4.42. The zero-order valence-corrected chi connectivity index (χ0v) is 25.2. The van der Waals surface area contributed by atoms with Gasteiger partial charge in [0.15, 0.2) is 0 Å². The van der Waals surface area contributed by atoms with E-state index in [4.69, 9.17) is 28.1 Å². The maximum atomic E-state index is 13.3. The lowest BCUT2D eigenvalue weighted by Gasteiger charge is -2.46. The number of nitrogens with one attached hydrogen (secondary N) is 1. The SMILES string of the molecule is COc1ccccc1-c1cc(C(=O)Nc2cc3ccc(OC4OC(C)(C)C(OC)C(O)C4O)c(C)c3oc2=O)ccc1OC. The molecule has 1 saturated heterocycles. The molecule has 5 rings (SSSR count). The molecule has 11 heteroatoms. The van der Waals surface area contributed by atoms with Crippen LogP contribution in [0.4, 0.5) is 5.69 Å². The van der Waals surface area contributed by atoms with Crippen molar-refractivity contribution >= 4 is 22.6 Å². The van der Waals surface area contributed by atoms with Crippen molar-refractivity contribution in [1.82, 2.24) is 0 Å².